The van der Waals surface area contributed by atoms with E-state index in [4.69, 9.17) is 5.84 Å². The third kappa shape index (κ3) is 3.76. The maximum Gasteiger partial charge on any atom is 0.242 e. The number of hydrogen-bond donors (Lipinski definition) is 4. The summed E-state index contributed by atoms with van der Waals surface area (Å²) >= 11 is 0. The highest BCUT2D eigenvalue weighted by atomic mass is 32.2. The molecule has 0 atom stereocenters. The minimum atomic E-state index is -3.54. The summed E-state index contributed by atoms with van der Waals surface area (Å²) in [5, 5.41) is 0. The predicted octanol–water partition coefficient (Wildman–Crippen LogP) is 0.00140. The molecule has 0 saturated carbocycles. The van der Waals surface area contributed by atoms with E-state index in [2.05, 4.69) is 25.1 Å². The number of H-pyrrole nitrogens is 1. The highest BCUT2D eigenvalue weighted by Gasteiger charge is 2.13. The van der Waals surface area contributed by atoms with Gasteiger partial charge in [0.1, 0.15) is 16.5 Å². The SMILES string of the molecule is NNc1ccc(S(=O)(=O)NCCCc2ncc[nH]2)cn1. The summed E-state index contributed by atoms with van der Waals surface area (Å²) in [7, 11) is -3.54. The van der Waals surface area contributed by atoms with Crippen molar-refractivity contribution in [1.82, 2.24) is 19.7 Å². The Balaban J connectivity index is 1.86. The number of hydrogen-bond acceptors (Lipinski definition) is 6. The van der Waals surface area contributed by atoms with Crippen LogP contribution in [0, 0.1) is 0 Å². The molecule has 0 aromatic carbocycles. The van der Waals surface area contributed by atoms with Crippen molar-refractivity contribution in [2.45, 2.75) is 17.7 Å². The van der Waals surface area contributed by atoms with Crippen LogP contribution in [-0.4, -0.2) is 29.9 Å². The van der Waals surface area contributed by atoms with Gasteiger partial charge in [0.05, 0.1) is 0 Å². The Morgan fingerprint density at radius 1 is 1.30 bits per heavy atom. The molecule has 0 amide bonds. The Kier molecular flexibility index (Phi) is 4.66. The van der Waals surface area contributed by atoms with Crippen LogP contribution in [0.3, 0.4) is 0 Å². The van der Waals surface area contributed by atoms with Crippen LogP contribution < -0.4 is 16.0 Å². The summed E-state index contributed by atoms with van der Waals surface area (Å²) in [4.78, 5) is 11.0. The molecule has 8 nitrogen and oxygen atoms in total. The van der Waals surface area contributed by atoms with Crippen molar-refractivity contribution >= 4 is 15.8 Å². The third-order valence-corrected chi connectivity index (χ3v) is 4.08. The Labute approximate surface area is 116 Å². The normalized spacial score (nSPS) is 11.4. The largest absolute Gasteiger partial charge is 0.349 e. The Hall–Kier alpha value is -1.97. The number of nitrogen functional groups attached to an aromatic ring is 1. The number of nitrogens with two attached hydrogens (primary N) is 1. The summed E-state index contributed by atoms with van der Waals surface area (Å²) in [6, 6.07) is 2.94. The maximum atomic E-state index is 12.0. The quantitative estimate of drug-likeness (QED) is 0.324. The lowest BCUT2D eigenvalue weighted by molar-refractivity contribution is 0.578. The number of imidazole rings is 1. The van der Waals surface area contributed by atoms with Gasteiger partial charge in [0.15, 0.2) is 0 Å². The van der Waals surface area contributed by atoms with Gasteiger partial charge in [-0.25, -0.2) is 29.0 Å². The molecule has 2 heterocycles. The molecule has 2 aromatic rings. The number of pyridine rings is 1. The van der Waals surface area contributed by atoms with Crippen molar-refractivity contribution in [2.24, 2.45) is 5.84 Å². The number of anilines is 1. The molecule has 0 saturated heterocycles. The first-order valence-corrected chi connectivity index (χ1v) is 7.51. The Morgan fingerprint density at radius 3 is 2.75 bits per heavy atom. The fourth-order valence-electron chi connectivity index (χ4n) is 1.61. The third-order valence-electron chi connectivity index (χ3n) is 2.63. The molecule has 108 valence electrons. The van der Waals surface area contributed by atoms with Crippen molar-refractivity contribution in [3.8, 4) is 0 Å². The van der Waals surface area contributed by atoms with Gasteiger partial charge in [-0.2, -0.15) is 0 Å². The van der Waals surface area contributed by atoms with Gasteiger partial charge < -0.3 is 10.4 Å². The molecule has 2 aromatic heterocycles. The zero-order valence-corrected chi connectivity index (χ0v) is 11.5. The van der Waals surface area contributed by atoms with Crippen LogP contribution in [0.2, 0.25) is 0 Å². The topological polar surface area (TPSA) is 126 Å². The molecule has 5 N–H and O–H groups in total. The lowest BCUT2D eigenvalue weighted by Crippen LogP contribution is -2.25. The van der Waals surface area contributed by atoms with Crippen LogP contribution in [0.5, 0.6) is 0 Å². The minimum Gasteiger partial charge on any atom is -0.349 e. The van der Waals surface area contributed by atoms with Gasteiger partial charge in [0.2, 0.25) is 10.0 Å². The second-order valence-electron chi connectivity index (χ2n) is 4.06. The van der Waals surface area contributed by atoms with E-state index in [-0.39, 0.29) is 4.90 Å². The number of nitrogens with zero attached hydrogens (tertiary/aromatic N) is 2. The molecule has 0 aliphatic carbocycles. The van der Waals surface area contributed by atoms with Crippen molar-refractivity contribution in [1.29, 1.82) is 0 Å². The summed E-state index contributed by atoms with van der Waals surface area (Å²) in [6.07, 6.45) is 5.99. The molecule has 0 spiro atoms. The van der Waals surface area contributed by atoms with Gasteiger partial charge in [-0.1, -0.05) is 0 Å². The van der Waals surface area contributed by atoms with Crippen molar-refractivity contribution in [3.05, 3.63) is 36.5 Å². The average molecular weight is 296 g/mol. The van der Waals surface area contributed by atoms with Gasteiger partial charge in [-0.3, -0.25) is 0 Å². The van der Waals surface area contributed by atoms with Gasteiger partial charge >= 0.3 is 0 Å². The number of aromatic amines is 1. The molecule has 0 bridgehead atoms. The molecule has 0 radical (unpaired) electrons. The lowest BCUT2D eigenvalue weighted by atomic mass is 10.3. The van der Waals surface area contributed by atoms with Crippen LogP contribution in [0.1, 0.15) is 12.2 Å². The molecule has 20 heavy (non-hydrogen) atoms. The smallest absolute Gasteiger partial charge is 0.242 e. The van der Waals surface area contributed by atoms with Gasteiger partial charge in [-0.15, -0.1) is 0 Å². The fraction of sp³-hybridized carbons (Fsp3) is 0.273. The zero-order valence-electron chi connectivity index (χ0n) is 10.7. The van der Waals surface area contributed by atoms with Gasteiger partial charge in [-0.05, 0) is 18.6 Å². The molecular formula is C11H16N6O2S. The summed E-state index contributed by atoms with van der Waals surface area (Å²) in [5.41, 5.74) is 2.34. The average Bonchev–Trinajstić information content (AvgIpc) is 2.97. The van der Waals surface area contributed by atoms with Crippen LogP contribution in [0.25, 0.3) is 0 Å². The van der Waals surface area contributed by atoms with E-state index in [0.717, 1.165) is 5.82 Å². The van der Waals surface area contributed by atoms with E-state index in [1.165, 1.54) is 18.3 Å². The second kappa shape index (κ2) is 6.46. The van der Waals surface area contributed by atoms with Crippen LogP contribution in [0.15, 0.2) is 35.6 Å². The number of rotatable bonds is 7. The molecule has 0 unspecified atom stereocenters. The highest BCUT2D eigenvalue weighted by molar-refractivity contribution is 7.89. The van der Waals surface area contributed by atoms with E-state index < -0.39 is 10.0 Å². The van der Waals surface area contributed by atoms with Crippen LogP contribution in [0.4, 0.5) is 5.82 Å². The Morgan fingerprint density at radius 2 is 2.15 bits per heavy atom. The molecular weight excluding hydrogens is 280 g/mol. The predicted molar refractivity (Wildman–Crippen MR) is 74.1 cm³/mol. The number of aromatic nitrogens is 3. The second-order valence-corrected chi connectivity index (χ2v) is 5.83. The van der Waals surface area contributed by atoms with Gasteiger partial charge in [0.25, 0.3) is 0 Å². The minimum absolute atomic E-state index is 0.106. The summed E-state index contributed by atoms with van der Waals surface area (Å²) in [5.74, 6) is 6.41. The van der Waals surface area contributed by atoms with E-state index in [0.29, 0.717) is 25.2 Å². The van der Waals surface area contributed by atoms with Crippen LogP contribution >= 0.6 is 0 Å². The van der Waals surface area contributed by atoms with Crippen molar-refractivity contribution < 1.29 is 8.42 Å². The molecule has 2 rings (SSSR count). The maximum absolute atomic E-state index is 12.0. The zero-order chi connectivity index (χ0) is 14.4. The number of aryl methyl sites for hydroxylation is 1. The number of nitrogens with one attached hydrogen (secondary N) is 3. The van der Waals surface area contributed by atoms with E-state index >= 15 is 0 Å². The van der Waals surface area contributed by atoms with Crippen LogP contribution in [-0.2, 0) is 16.4 Å². The molecule has 0 aliphatic heterocycles. The lowest BCUT2D eigenvalue weighted by Gasteiger charge is -2.06. The Bertz CT molecular complexity index is 623. The summed E-state index contributed by atoms with van der Waals surface area (Å²) < 4.78 is 26.4. The highest BCUT2D eigenvalue weighted by Crippen LogP contribution is 2.09. The van der Waals surface area contributed by atoms with Gasteiger partial charge in [0, 0.05) is 31.6 Å². The monoisotopic (exact) mass is 296 g/mol. The van der Waals surface area contributed by atoms with E-state index in [1.807, 2.05) is 0 Å². The summed E-state index contributed by atoms with van der Waals surface area (Å²) in [6.45, 7) is 0.333. The van der Waals surface area contributed by atoms with Crippen molar-refractivity contribution in [2.75, 3.05) is 12.0 Å². The standard InChI is InChI=1S/C11H16N6O2S/c12-17-11-4-3-9(8-15-11)20(18,19)16-5-1-2-10-13-6-7-14-10/h3-4,6-8,16H,1-2,5,12H2,(H,13,14)(H,15,17). The molecule has 0 fully saturated rings. The van der Waals surface area contributed by atoms with E-state index in [9.17, 15) is 8.42 Å². The molecule has 0 aliphatic rings. The first-order valence-electron chi connectivity index (χ1n) is 6.02. The van der Waals surface area contributed by atoms with Crippen molar-refractivity contribution in [3.63, 3.8) is 0 Å². The number of hydrazine groups is 1. The first kappa shape index (κ1) is 14.4. The first-order chi connectivity index (χ1) is 9.62. The fourth-order valence-corrected chi connectivity index (χ4v) is 2.62. The number of sulfonamides is 1. The molecule has 9 heteroatoms. The van der Waals surface area contributed by atoms with E-state index in [1.54, 1.807) is 12.4 Å².